The molecule has 0 aliphatic carbocycles. The van der Waals surface area contributed by atoms with Gasteiger partial charge in [-0.05, 0) is 57.9 Å². The summed E-state index contributed by atoms with van der Waals surface area (Å²) in [6.07, 6.45) is -0.750. The molecule has 0 fully saturated rings. The van der Waals surface area contributed by atoms with Crippen molar-refractivity contribution in [2.24, 2.45) is 11.7 Å². The number of carbonyl (C=O) groups excluding carboxylic acids is 2. The minimum Gasteiger partial charge on any atom is -0.491 e. The number of imide groups is 1. The molecule has 0 aliphatic heterocycles. The van der Waals surface area contributed by atoms with Gasteiger partial charge in [-0.25, -0.2) is 9.69 Å². The number of benzene rings is 1. The van der Waals surface area contributed by atoms with Gasteiger partial charge >= 0.3 is 6.09 Å². The molecule has 2 atom stereocenters. The van der Waals surface area contributed by atoms with Crippen molar-refractivity contribution in [2.75, 3.05) is 6.61 Å². The smallest absolute Gasteiger partial charge is 0.417 e. The summed E-state index contributed by atoms with van der Waals surface area (Å²) < 4.78 is 11.0. The Balaban J connectivity index is 2.93. The van der Waals surface area contributed by atoms with Crippen molar-refractivity contribution >= 4 is 12.0 Å². The van der Waals surface area contributed by atoms with Crippen LogP contribution in [0.4, 0.5) is 4.79 Å². The normalized spacial score (nSPS) is 13.4. The number of rotatable bonds is 6. The molecule has 0 aromatic heterocycles. The summed E-state index contributed by atoms with van der Waals surface area (Å²) >= 11 is 0. The van der Waals surface area contributed by atoms with Crippen LogP contribution < -0.4 is 10.5 Å². The van der Waals surface area contributed by atoms with Crippen LogP contribution in [-0.4, -0.2) is 41.2 Å². The molecule has 2 amide bonds. The molecule has 148 valence electrons. The third kappa shape index (κ3) is 6.91. The minimum atomic E-state index is -0.824. The number of hydrogen-bond donors (Lipinski definition) is 1. The van der Waals surface area contributed by atoms with E-state index in [4.69, 9.17) is 20.5 Å². The fourth-order valence-corrected chi connectivity index (χ4v) is 2.16. The molecule has 0 aliphatic rings. The lowest BCUT2D eigenvalue weighted by Crippen LogP contribution is -2.55. The van der Waals surface area contributed by atoms with Crippen LogP contribution >= 0.6 is 0 Å². The van der Waals surface area contributed by atoms with Crippen LogP contribution in [0.5, 0.6) is 5.75 Å². The van der Waals surface area contributed by atoms with Gasteiger partial charge in [0.15, 0.2) is 0 Å². The molecule has 0 bridgehead atoms. The summed E-state index contributed by atoms with van der Waals surface area (Å²) in [7, 11) is 0. The summed E-state index contributed by atoms with van der Waals surface area (Å²) in [5.74, 6) is -0.102. The lowest BCUT2D eigenvalue weighted by molar-refractivity contribution is -0.135. The molecule has 1 aromatic carbocycles. The molecule has 7 heteroatoms. The maximum absolute atomic E-state index is 12.8. The van der Waals surface area contributed by atoms with Crippen molar-refractivity contribution in [1.29, 1.82) is 5.26 Å². The SMILES string of the molecule is CC(C)[C@H](N)C(=O)N(C(=O)OC(C)(C)C)C(C)COc1ccc(C#N)cc1. The standard InChI is InChI=1S/C20H29N3O4/c1-13(2)17(22)18(24)23(19(25)27-20(4,5)6)14(3)12-26-16-9-7-15(11-21)8-10-16/h7-10,13-14,17H,12,22H2,1-6H3/t14?,17-/m0/s1. The fourth-order valence-electron chi connectivity index (χ4n) is 2.16. The van der Waals surface area contributed by atoms with Crippen LogP contribution in [0.15, 0.2) is 24.3 Å². The molecule has 2 N–H and O–H groups in total. The van der Waals surface area contributed by atoms with E-state index < -0.39 is 29.7 Å². The van der Waals surface area contributed by atoms with E-state index in [1.54, 1.807) is 52.0 Å². The second-order valence-corrected chi connectivity index (χ2v) is 7.75. The number of nitrogens with two attached hydrogens (primary N) is 1. The molecule has 0 radical (unpaired) electrons. The van der Waals surface area contributed by atoms with Crippen LogP contribution in [0.3, 0.4) is 0 Å². The van der Waals surface area contributed by atoms with Crippen molar-refractivity contribution in [3.05, 3.63) is 29.8 Å². The summed E-state index contributed by atoms with van der Waals surface area (Å²) in [4.78, 5) is 26.4. The Morgan fingerprint density at radius 2 is 1.74 bits per heavy atom. The molecule has 7 nitrogen and oxygen atoms in total. The monoisotopic (exact) mass is 375 g/mol. The highest BCUT2D eigenvalue weighted by Gasteiger charge is 2.35. The first-order valence-corrected chi connectivity index (χ1v) is 8.91. The van der Waals surface area contributed by atoms with E-state index in [-0.39, 0.29) is 12.5 Å². The third-order valence-electron chi connectivity index (χ3n) is 3.75. The van der Waals surface area contributed by atoms with Gasteiger partial charge < -0.3 is 15.2 Å². The summed E-state index contributed by atoms with van der Waals surface area (Å²) in [6, 6.07) is 7.19. The highest BCUT2D eigenvalue weighted by atomic mass is 16.6. The Morgan fingerprint density at radius 1 is 1.19 bits per heavy atom. The molecule has 1 unspecified atom stereocenters. The van der Waals surface area contributed by atoms with Gasteiger partial charge in [-0.2, -0.15) is 5.26 Å². The maximum atomic E-state index is 12.8. The number of hydrogen-bond acceptors (Lipinski definition) is 6. The van der Waals surface area contributed by atoms with Gasteiger partial charge in [0.05, 0.1) is 23.7 Å². The van der Waals surface area contributed by atoms with Gasteiger partial charge in [-0.1, -0.05) is 13.8 Å². The van der Waals surface area contributed by atoms with E-state index in [1.165, 1.54) is 0 Å². The van der Waals surface area contributed by atoms with Crippen LogP contribution in [0.2, 0.25) is 0 Å². The van der Waals surface area contributed by atoms with Gasteiger partial charge in [0.1, 0.15) is 18.0 Å². The second-order valence-electron chi connectivity index (χ2n) is 7.75. The zero-order valence-electron chi connectivity index (χ0n) is 16.9. The number of carbonyl (C=O) groups is 2. The highest BCUT2D eigenvalue weighted by molar-refractivity contribution is 5.95. The minimum absolute atomic E-state index is 0.0711. The Bertz CT molecular complexity index is 687. The lowest BCUT2D eigenvalue weighted by atomic mass is 10.0. The van der Waals surface area contributed by atoms with Crippen molar-refractivity contribution in [3.63, 3.8) is 0 Å². The molecule has 0 heterocycles. The number of ether oxygens (including phenoxy) is 2. The highest BCUT2D eigenvalue weighted by Crippen LogP contribution is 2.17. The van der Waals surface area contributed by atoms with E-state index >= 15 is 0 Å². The topological polar surface area (TPSA) is 106 Å². The van der Waals surface area contributed by atoms with Crippen LogP contribution in [0.1, 0.15) is 47.1 Å². The zero-order valence-corrected chi connectivity index (χ0v) is 16.9. The first-order valence-electron chi connectivity index (χ1n) is 8.91. The van der Waals surface area contributed by atoms with Gasteiger partial charge in [-0.15, -0.1) is 0 Å². The number of nitriles is 1. The lowest BCUT2D eigenvalue weighted by Gasteiger charge is -2.32. The van der Waals surface area contributed by atoms with Crippen molar-refractivity contribution in [3.8, 4) is 11.8 Å². The van der Waals surface area contributed by atoms with Gasteiger partial charge in [0, 0.05) is 0 Å². The number of amides is 2. The average Bonchev–Trinajstić information content (AvgIpc) is 2.58. The van der Waals surface area contributed by atoms with Gasteiger partial charge in [-0.3, -0.25) is 4.79 Å². The molecule has 0 saturated heterocycles. The van der Waals surface area contributed by atoms with Gasteiger partial charge in [0.2, 0.25) is 5.91 Å². The predicted octanol–water partition coefficient (Wildman–Crippen LogP) is 3.07. The zero-order chi connectivity index (χ0) is 20.8. The maximum Gasteiger partial charge on any atom is 0.417 e. The van der Waals surface area contributed by atoms with Crippen molar-refractivity contribution < 1.29 is 19.1 Å². The quantitative estimate of drug-likeness (QED) is 0.819. The van der Waals surface area contributed by atoms with E-state index in [9.17, 15) is 9.59 Å². The predicted molar refractivity (Wildman–Crippen MR) is 102 cm³/mol. The van der Waals surface area contributed by atoms with E-state index in [1.807, 2.05) is 19.9 Å². The first kappa shape index (κ1) is 22.5. The summed E-state index contributed by atoms with van der Waals surface area (Å²) in [5, 5.41) is 8.83. The van der Waals surface area contributed by atoms with E-state index in [0.717, 1.165) is 4.90 Å². The first-order chi connectivity index (χ1) is 12.5. The third-order valence-corrected chi connectivity index (χ3v) is 3.75. The molecular formula is C20H29N3O4. The summed E-state index contributed by atoms with van der Waals surface area (Å²) in [5.41, 5.74) is 5.74. The Hall–Kier alpha value is -2.59. The molecule has 1 rings (SSSR count). The number of nitrogens with zero attached hydrogens (tertiary/aromatic N) is 2. The molecular weight excluding hydrogens is 346 g/mol. The van der Waals surface area contributed by atoms with Crippen LogP contribution in [0, 0.1) is 17.2 Å². The van der Waals surface area contributed by atoms with Crippen LogP contribution in [0.25, 0.3) is 0 Å². The van der Waals surface area contributed by atoms with Crippen molar-refractivity contribution in [2.45, 2.75) is 59.2 Å². The molecule has 0 spiro atoms. The Labute approximate surface area is 161 Å². The average molecular weight is 375 g/mol. The Morgan fingerprint density at radius 3 is 2.19 bits per heavy atom. The van der Waals surface area contributed by atoms with E-state index in [0.29, 0.717) is 11.3 Å². The van der Waals surface area contributed by atoms with Crippen LogP contribution in [-0.2, 0) is 9.53 Å². The summed E-state index contributed by atoms with van der Waals surface area (Å²) in [6.45, 7) is 10.6. The largest absolute Gasteiger partial charge is 0.491 e. The fraction of sp³-hybridized carbons (Fsp3) is 0.550. The van der Waals surface area contributed by atoms with Gasteiger partial charge in [0.25, 0.3) is 0 Å². The molecule has 0 saturated carbocycles. The molecule has 27 heavy (non-hydrogen) atoms. The Kier molecular flexibility index (Phi) is 7.80. The van der Waals surface area contributed by atoms with Crippen molar-refractivity contribution in [1.82, 2.24) is 4.90 Å². The van der Waals surface area contributed by atoms with E-state index in [2.05, 4.69) is 0 Å². The molecule has 1 aromatic rings. The second kappa shape index (κ2) is 9.38.